The molecule has 0 radical (unpaired) electrons. The lowest BCUT2D eigenvalue weighted by molar-refractivity contribution is 0.392. The molecule has 0 bridgehead atoms. The Balaban J connectivity index is 2.42. The van der Waals surface area contributed by atoms with Crippen LogP contribution in [0.3, 0.4) is 0 Å². The van der Waals surface area contributed by atoms with Gasteiger partial charge < -0.3 is 9.47 Å². The third-order valence-corrected chi connectivity index (χ3v) is 3.84. The molecule has 0 saturated heterocycles. The largest absolute Gasteiger partial charge is 0.497 e. The first-order valence-electron chi connectivity index (χ1n) is 5.92. The van der Waals surface area contributed by atoms with Gasteiger partial charge in [0, 0.05) is 10.9 Å². The lowest BCUT2D eigenvalue weighted by Crippen LogP contribution is -2.28. The van der Waals surface area contributed by atoms with Gasteiger partial charge in [-0.1, -0.05) is 0 Å². The predicted molar refractivity (Wildman–Crippen MR) is 77.8 cm³/mol. The molecule has 1 heterocycles. The molecule has 0 aliphatic rings. The van der Waals surface area contributed by atoms with E-state index in [1.165, 1.54) is 4.88 Å². The molecule has 0 spiro atoms. The molecule has 0 fully saturated rings. The van der Waals surface area contributed by atoms with Crippen molar-refractivity contribution < 1.29 is 9.47 Å². The molecule has 0 saturated carbocycles. The third-order valence-electron chi connectivity index (χ3n) is 2.96. The van der Waals surface area contributed by atoms with Crippen LogP contribution in [0.1, 0.15) is 22.0 Å². The Hall–Kier alpha value is -1.56. The van der Waals surface area contributed by atoms with E-state index in [0.29, 0.717) is 0 Å². The number of nitrogens with two attached hydrogens (primary N) is 1. The molecular weight excluding hydrogens is 260 g/mol. The summed E-state index contributed by atoms with van der Waals surface area (Å²) in [6, 6.07) is 7.81. The maximum Gasteiger partial charge on any atom is 0.122 e. The number of ether oxygens (including phenoxy) is 2. The highest BCUT2D eigenvalue weighted by Crippen LogP contribution is 2.31. The van der Waals surface area contributed by atoms with E-state index in [1.54, 1.807) is 25.6 Å². The smallest absolute Gasteiger partial charge is 0.122 e. The molecule has 5 heteroatoms. The molecule has 3 N–H and O–H groups in total. The van der Waals surface area contributed by atoms with Crippen LogP contribution in [0.25, 0.3) is 0 Å². The van der Waals surface area contributed by atoms with Crippen molar-refractivity contribution in [1.82, 2.24) is 5.43 Å². The first-order chi connectivity index (χ1) is 9.17. The second-order valence-corrected chi connectivity index (χ2v) is 5.35. The van der Waals surface area contributed by atoms with Crippen LogP contribution in [-0.2, 0) is 0 Å². The Morgan fingerprint density at radius 1 is 1.05 bits per heavy atom. The number of hydrazine groups is 1. The molecule has 4 nitrogen and oxygen atoms in total. The van der Waals surface area contributed by atoms with Crippen molar-refractivity contribution in [3.8, 4) is 11.5 Å². The summed E-state index contributed by atoms with van der Waals surface area (Å²) in [6.45, 7) is 2.08. The monoisotopic (exact) mass is 278 g/mol. The average Bonchev–Trinajstić information content (AvgIpc) is 2.85. The van der Waals surface area contributed by atoms with Gasteiger partial charge in [0.2, 0.25) is 0 Å². The molecule has 2 aromatic rings. The zero-order valence-electron chi connectivity index (χ0n) is 11.3. The maximum atomic E-state index is 5.70. The summed E-state index contributed by atoms with van der Waals surface area (Å²) >= 11 is 1.70. The van der Waals surface area contributed by atoms with Crippen molar-refractivity contribution in [1.29, 1.82) is 0 Å². The molecule has 0 aliphatic carbocycles. The highest BCUT2D eigenvalue weighted by molar-refractivity contribution is 7.10. The first kappa shape index (κ1) is 13.9. The summed E-state index contributed by atoms with van der Waals surface area (Å²) in [5.74, 6) is 7.21. The minimum absolute atomic E-state index is 0.0750. The van der Waals surface area contributed by atoms with Gasteiger partial charge in [-0.25, -0.2) is 5.43 Å². The summed E-state index contributed by atoms with van der Waals surface area (Å²) < 4.78 is 10.6. The molecular formula is C14H18N2O2S. The lowest BCUT2D eigenvalue weighted by atomic mass is 10.0. The fourth-order valence-electron chi connectivity index (χ4n) is 2.00. The fraction of sp³-hybridized carbons (Fsp3) is 0.286. The lowest BCUT2D eigenvalue weighted by Gasteiger charge is -2.17. The Morgan fingerprint density at radius 2 is 1.68 bits per heavy atom. The molecule has 1 unspecified atom stereocenters. The maximum absolute atomic E-state index is 5.70. The Kier molecular flexibility index (Phi) is 4.42. The molecule has 1 atom stereocenters. The van der Waals surface area contributed by atoms with Crippen LogP contribution in [-0.4, -0.2) is 14.2 Å². The standard InChI is InChI=1S/C14H18N2O2S/c1-9-4-11(8-19-9)14(16-15)10-5-12(17-2)7-13(6-10)18-3/h4-8,14,16H,15H2,1-3H3. The number of rotatable bonds is 5. The van der Waals surface area contributed by atoms with Gasteiger partial charge >= 0.3 is 0 Å². The van der Waals surface area contributed by atoms with Crippen molar-refractivity contribution in [2.45, 2.75) is 13.0 Å². The summed E-state index contributed by atoms with van der Waals surface area (Å²) in [5.41, 5.74) is 5.00. The van der Waals surface area contributed by atoms with Crippen LogP contribution in [0.15, 0.2) is 29.6 Å². The number of benzene rings is 1. The van der Waals surface area contributed by atoms with Gasteiger partial charge in [-0.05, 0) is 41.6 Å². The Bertz CT molecular complexity index is 532. The molecule has 2 rings (SSSR count). The van der Waals surface area contributed by atoms with E-state index in [-0.39, 0.29) is 6.04 Å². The summed E-state index contributed by atoms with van der Waals surface area (Å²) in [4.78, 5) is 1.25. The third kappa shape index (κ3) is 3.07. The van der Waals surface area contributed by atoms with Crippen molar-refractivity contribution in [3.05, 3.63) is 45.6 Å². The van der Waals surface area contributed by atoms with E-state index in [4.69, 9.17) is 15.3 Å². The normalized spacial score (nSPS) is 12.2. The zero-order valence-corrected chi connectivity index (χ0v) is 12.1. The Morgan fingerprint density at radius 3 is 2.11 bits per heavy atom. The van der Waals surface area contributed by atoms with Crippen LogP contribution in [0.4, 0.5) is 0 Å². The molecule has 1 aromatic carbocycles. The second-order valence-electron chi connectivity index (χ2n) is 4.24. The van der Waals surface area contributed by atoms with Gasteiger partial charge in [-0.3, -0.25) is 5.84 Å². The van der Waals surface area contributed by atoms with Crippen LogP contribution in [0, 0.1) is 6.92 Å². The number of thiophene rings is 1. The van der Waals surface area contributed by atoms with E-state index < -0.39 is 0 Å². The van der Waals surface area contributed by atoms with Crippen LogP contribution in [0.5, 0.6) is 11.5 Å². The quantitative estimate of drug-likeness (QED) is 0.652. The topological polar surface area (TPSA) is 56.5 Å². The number of methoxy groups -OCH3 is 2. The van der Waals surface area contributed by atoms with E-state index in [9.17, 15) is 0 Å². The average molecular weight is 278 g/mol. The Labute approximate surface area is 117 Å². The van der Waals surface area contributed by atoms with Gasteiger partial charge in [0.1, 0.15) is 11.5 Å². The van der Waals surface area contributed by atoms with E-state index >= 15 is 0 Å². The van der Waals surface area contributed by atoms with Crippen molar-refractivity contribution in [2.24, 2.45) is 5.84 Å². The molecule has 1 aromatic heterocycles. The summed E-state index contributed by atoms with van der Waals surface area (Å²) in [7, 11) is 3.27. The summed E-state index contributed by atoms with van der Waals surface area (Å²) in [5, 5.41) is 2.10. The molecule has 102 valence electrons. The van der Waals surface area contributed by atoms with Crippen molar-refractivity contribution >= 4 is 11.3 Å². The number of aryl methyl sites for hydroxylation is 1. The first-order valence-corrected chi connectivity index (χ1v) is 6.80. The van der Waals surface area contributed by atoms with E-state index in [2.05, 4.69) is 23.8 Å². The van der Waals surface area contributed by atoms with Crippen LogP contribution in [0.2, 0.25) is 0 Å². The number of hydrogen-bond donors (Lipinski definition) is 2. The van der Waals surface area contributed by atoms with Crippen LogP contribution >= 0.6 is 11.3 Å². The zero-order chi connectivity index (χ0) is 13.8. The van der Waals surface area contributed by atoms with Gasteiger partial charge in [0.15, 0.2) is 0 Å². The predicted octanol–water partition coefficient (Wildman–Crippen LogP) is 2.63. The second kappa shape index (κ2) is 6.06. The fourth-order valence-corrected chi connectivity index (χ4v) is 2.73. The highest BCUT2D eigenvalue weighted by atomic mass is 32.1. The molecule has 0 amide bonds. The van der Waals surface area contributed by atoms with Gasteiger partial charge in [0.05, 0.1) is 20.3 Å². The van der Waals surface area contributed by atoms with E-state index in [0.717, 1.165) is 22.6 Å². The minimum atomic E-state index is -0.0750. The molecule has 0 aliphatic heterocycles. The summed E-state index contributed by atoms with van der Waals surface area (Å²) in [6.07, 6.45) is 0. The van der Waals surface area contributed by atoms with E-state index in [1.807, 2.05) is 18.2 Å². The van der Waals surface area contributed by atoms with Crippen molar-refractivity contribution in [3.63, 3.8) is 0 Å². The SMILES string of the molecule is COc1cc(OC)cc(C(NN)c2csc(C)c2)c1. The minimum Gasteiger partial charge on any atom is -0.497 e. The molecule has 19 heavy (non-hydrogen) atoms. The van der Waals surface area contributed by atoms with Gasteiger partial charge in [-0.2, -0.15) is 0 Å². The highest BCUT2D eigenvalue weighted by Gasteiger charge is 2.16. The number of nitrogens with one attached hydrogen (secondary N) is 1. The van der Waals surface area contributed by atoms with Crippen molar-refractivity contribution in [2.75, 3.05) is 14.2 Å². The van der Waals surface area contributed by atoms with Gasteiger partial charge in [-0.15, -0.1) is 11.3 Å². The van der Waals surface area contributed by atoms with Gasteiger partial charge in [0.25, 0.3) is 0 Å². The number of hydrogen-bond acceptors (Lipinski definition) is 5. The van der Waals surface area contributed by atoms with Crippen LogP contribution < -0.4 is 20.7 Å².